The molecule has 2 heterocycles. The second-order valence-electron chi connectivity index (χ2n) is 5.75. The van der Waals surface area contributed by atoms with E-state index in [2.05, 4.69) is 26.3 Å². The van der Waals surface area contributed by atoms with Crippen LogP contribution in [0.5, 0.6) is 0 Å². The molecule has 0 radical (unpaired) electrons. The second kappa shape index (κ2) is 7.70. The lowest BCUT2D eigenvalue weighted by Crippen LogP contribution is -2.19. The lowest BCUT2D eigenvalue weighted by Gasteiger charge is -2.12. The molecule has 0 bridgehead atoms. The van der Waals surface area contributed by atoms with E-state index >= 15 is 0 Å². The van der Waals surface area contributed by atoms with Crippen LogP contribution in [0.1, 0.15) is 58.0 Å². The van der Waals surface area contributed by atoms with Gasteiger partial charge in [0.05, 0.1) is 22.8 Å². The van der Waals surface area contributed by atoms with Crippen molar-refractivity contribution in [2.75, 3.05) is 11.9 Å². The number of hydrogen-bond acceptors (Lipinski definition) is 5. The molecule has 0 unspecified atom stereocenters. The van der Waals surface area contributed by atoms with Gasteiger partial charge in [0.15, 0.2) is 0 Å². The van der Waals surface area contributed by atoms with Gasteiger partial charge in [0.25, 0.3) is 5.91 Å². The molecule has 1 aliphatic rings. The standard InChI is InChI=1S/C17H20BrN3O3S/c1-3-21-14(11(18)9-19-21)15(22)20-16-13(17(23)24-4-2)10-7-5-6-8-12(10)25-16/h9H,3-8H2,1-2H3,(H,20,22). The largest absolute Gasteiger partial charge is 0.462 e. The number of aryl methyl sites for hydroxylation is 2. The summed E-state index contributed by atoms with van der Waals surface area (Å²) in [6.07, 6.45) is 5.56. The number of fused-ring (bicyclic) bond motifs is 1. The molecule has 2 aromatic rings. The molecule has 134 valence electrons. The van der Waals surface area contributed by atoms with E-state index in [9.17, 15) is 9.59 Å². The molecule has 0 saturated heterocycles. The first-order chi connectivity index (χ1) is 12.1. The highest BCUT2D eigenvalue weighted by molar-refractivity contribution is 9.10. The van der Waals surface area contributed by atoms with Gasteiger partial charge in [-0.15, -0.1) is 11.3 Å². The molecule has 0 aromatic carbocycles. The average molecular weight is 426 g/mol. The fourth-order valence-electron chi connectivity index (χ4n) is 3.06. The van der Waals surface area contributed by atoms with Crippen LogP contribution < -0.4 is 5.32 Å². The Labute approximate surface area is 158 Å². The maximum Gasteiger partial charge on any atom is 0.341 e. The minimum atomic E-state index is -0.361. The third kappa shape index (κ3) is 3.50. The first kappa shape index (κ1) is 18.1. The van der Waals surface area contributed by atoms with Gasteiger partial charge in [-0.1, -0.05) is 0 Å². The predicted molar refractivity (Wildman–Crippen MR) is 100 cm³/mol. The van der Waals surface area contributed by atoms with Crippen LogP contribution in [0.25, 0.3) is 0 Å². The normalized spacial score (nSPS) is 13.4. The molecule has 1 aliphatic carbocycles. The summed E-state index contributed by atoms with van der Waals surface area (Å²) in [5.74, 6) is -0.643. The van der Waals surface area contributed by atoms with Gasteiger partial charge < -0.3 is 10.1 Å². The summed E-state index contributed by atoms with van der Waals surface area (Å²) >= 11 is 4.85. The van der Waals surface area contributed by atoms with E-state index < -0.39 is 0 Å². The fourth-order valence-corrected chi connectivity index (χ4v) is 4.81. The number of anilines is 1. The van der Waals surface area contributed by atoms with Gasteiger partial charge in [0.1, 0.15) is 10.7 Å². The molecular weight excluding hydrogens is 406 g/mol. The number of carbonyl (C=O) groups excluding carboxylic acids is 2. The zero-order valence-electron chi connectivity index (χ0n) is 14.2. The van der Waals surface area contributed by atoms with Crippen molar-refractivity contribution in [3.63, 3.8) is 0 Å². The molecule has 3 rings (SSSR count). The van der Waals surface area contributed by atoms with Crippen molar-refractivity contribution < 1.29 is 14.3 Å². The van der Waals surface area contributed by atoms with E-state index in [1.54, 1.807) is 17.8 Å². The maximum atomic E-state index is 12.8. The Bertz CT molecular complexity index is 812. The highest BCUT2D eigenvalue weighted by Crippen LogP contribution is 2.39. The van der Waals surface area contributed by atoms with E-state index in [0.717, 1.165) is 31.2 Å². The van der Waals surface area contributed by atoms with Crippen LogP contribution in [0.15, 0.2) is 10.7 Å². The topological polar surface area (TPSA) is 73.2 Å². The zero-order valence-corrected chi connectivity index (χ0v) is 16.6. The van der Waals surface area contributed by atoms with Gasteiger partial charge in [-0.2, -0.15) is 5.10 Å². The van der Waals surface area contributed by atoms with Crippen molar-refractivity contribution in [1.29, 1.82) is 0 Å². The quantitative estimate of drug-likeness (QED) is 0.733. The predicted octanol–water partition coefficient (Wildman–Crippen LogP) is 4.03. The Morgan fingerprint density at radius 3 is 2.84 bits per heavy atom. The van der Waals surface area contributed by atoms with E-state index in [1.807, 2.05) is 6.92 Å². The van der Waals surface area contributed by atoms with Gasteiger partial charge >= 0.3 is 5.97 Å². The Kier molecular flexibility index (Phi) is 5.58. The Hall–Kier alpha value is -1.67. The van der Waals surface area contributed by atoms with Crippen molar-refractivity contribution in [3.05, 3.63) is 32.4 Å². The third-order valence-electron chi connectivity index (χ3n) is 4.19. The number of nitrogens with one attached hydrogen (secondary N) is 1. The minimum absolute atomic E-state index is 0.282. The summed E-state index contributed by atoms with van der Waals surface area (Å²) in [6, 6.07) is 0. The fraction of sp³-hybridized carbons (Fsp3) is 0.471. The number of rotatable bonds is 5. The Balaban J connectivity index is 1.96. The lowest BCUT2D eigenvalue weighted by atomic mass is 9.95. The van der Waals surface area contributed by atoms with Crippen LogP contribution in [0.4, 0.5) is 5.00 Å². The molecular formula is C17H20BrN3O3S. The molecule has 8 heteroatoms. The van der Waals surface area contributed by atoms with Crippen LogP contribution in [-0.4, -0.2) is 28.3 Å². The number of thiophene rings is 1. The SMILES string of the molecule is CCOC(=O)c1c(NC(=O)c2c(Br)cnn2CC)sc2c1CCCC2. The molecule has 2 aromatic heterocycles. The van der Waals surface area contributed by atoms with Crippen molar-refractivity contribution in [3.8, 4) is 0 Å². The number of aromatic nitrogens is 2. The highest BCUT2D eigenvalue weighted by Gasteiger charge is 2.28. The molecule has 1 N–H and O–H groups in total. The number of amides is 1. The maximum absolute atomic E-state index is 12.8. The van der Waals surface area contributed by atoms with E-state index in [4.69, 9.17) is 4.74 Å². The van der Waals surface area contributed by atoms with Gasteiger partial charge in [-0.05, 0) is 61.0 Å². The molecule has 1 amide bonds. The zero-order chi connectivity index (χ0) is 18.0. The summed E-state index contributed by atoms with van der Waals surface area (Å²) in [4.78, 5) is 26.4. The van der Waals surface area contributed by atoms with Gasteiger partial charge in [-0.3, -0.25) is 9.48 Å². The van der Waals surface area contributed by atoms with E-state index in [-0.39, 0.29) is 11.9 Å². The molecule has 0 atom stereocenters. The molecule has 25 heavy (non-hydrogen) atoms. The average Bonchev–Trinajstić information content (AvgIpc) is 3.14. The van der Waals surface area contributed by atoms with E-state index in [1.165, 1.54) is 16.2 Å². The summed E-state index contributed by atoms with van der Waals surface area (Å²) in [7, 11) is 0. The van der Waals surface area contributed by atoms with Gasteiger partial charge in [0.2, 0.25) is 0 Å². The van der Waals surface area contributed by atoms with Gasteiger partial charge in [-0.25, -0.2) is 4.79 Å². The lowest BCUT2D eigenvalue weighted by molar-refractivity contribution is 0.0526. The molecule has 0 aliphatic heterocycles. The number of ether oxygens (including phenoxy) is 1. The monoisotopic (exact) mass is 425 g/mol. The first-order valence-electron chi connectivity index (χ1n) is 8.41. The van der Waals surface area contributed by atoms with Crippen molar-refractivity contribution in [2.24, 2.45) is 0 Å². The van der Waals surface area contributed by atoms with Crippen LogP contribution in [0.2, 0.25) is 0 Å². The van der Waals surface area contributed by atoms with Crippen molar-refractivity contribution in [1.82, 2.24) is 9.78 Å². The Morgan fingerprint density at radius 1 is 1.36 bits per heavy atom. The van der Waals surface area contributed by atoms with Crippen LogP contribution in [-0.2, 0) is 24.1 Å². The number of hydrogen-bond donors (Lipinski definition) is 1. The molecule has 6 nitrogen and oxygen atoms in total. The summed E-state index contributed by atoms with van der Waals surface area (Å²) < 4.78 is 7.48. The third-order valence-corrected chi connectivity index (χ3v) is 5.97. The molecule has 0 spiro atoms. The van der Waals surface area contributed by atoms with Crippen molar-refractivity contribution >= 4 is 44.1 Å². The summed E-state index contributed by atoms with van der Waals surface area (Å²) in [5, 5.41) is 7.66. The number of carbonyl (C=O) groups is 2. The first-order valence-corrected chi connectivity index (χ1v) is 10.0. The molecule has 0 saturated carbocycles. The smallest absolute Gasteiger partial charge is 0.341 e. The van der Waals surface area contributed by atoms with Crippen LogP contribution in [0, 0.1) is 0 Å². The number of halogens is 1. The van der Waals surface area contributed by atoms with E-state index in [0.29, 0.717) is 33.9 Å². The van der Waals surface area contributed by atoms with Crippen LogP contribution >= 0.6 is 27.3 Å². The number of nitrogens with zero attached hydrogens (tertiary/aromatic N) is 2. The number of esters is 1. The van der Waals surface area contributed by atoms with Gasteiger partial charge in [0, 0.05) is 11.4 Å². The highest BCUT2D eigenvalue weighted by atomic mass is 79.9. The minimum Gasteiger partial charge on any atom is -0.462 e. The molecule has 0 fully saturated rings. The summed E-state index contributed by atoms with van der Waals surface area (Å²) in [5.41, 5.74) is 2.00. The van der Waals surface area contributed by atoms with Crippen LogP contribution in [0.3, 0.4) is 0 Å². The second-order valence-corrected chi connectivity index (χ2v) is 7.71. The van der Waals surface area contributed by atoms with Crippen molar-refractivity contribution in [2.45, 2.75) is 46.1 Å². The summed E-state index contributed by atoms with van der Waals surface area (Å²) in [6.45, 7) is 4.60. The Morgan fingerprint density at radius 2 is 2.12 bits per heavy atom.